The summed E-state index contributed by atoms with van der Waals surface area (Å²) >= 11 is 1.54. The van der Waals surface area contributed by atoms with E-state index in [4.69, 9.17) is 0 Å². The van der Waals surface area contributed by atoms with Gasteiger partial charge in [0.15, 0.2) is 0 Å². The van der Waals surface area contributed by atoms with E-state index in [9.17, 15) is 9.59 Å². The Balaban J connectivity index is 1.53. The molecule has 2 amide bonds. The Hall–Kier alpha value is -2.47. The lowest BCUT2D eigenvalue weighted by molar-refractivity contribution is -0.117. The summed E-state index contributed by atoms with van der Waals surface area (Å²) < 4.78 is 0. The van der Waals surface area contributed by atoms with Gasteiger partial charge in [-0.25, -0.2) is 4.98 Å². The van der Waals surface area contributed by atoms with Crippen LogP contribution >= 0.6 is 11.3 Å². The van der Waals surface area contributed by atoms with Crippen molar-refractivity contribution in [3.63, 3.8) is 0 Å². The first-order chi connectivity index (χ1) is 11.1. The van der Waals surface area contributed by atoms with Crippen LogP contribution in [0.1, 0.15) is 23.5 Å². The van der Waals surface area contributed by atoms with Gasteiger partial charge in [0.25, 0.3) is 0 Å². The molecule has 1 saturated carbocycles. The van der Waals surface area contributed by atoms with E-state index in [0.29, 0.717) is 5.69 Å². The highest BCUT2D eigenvalue weighted by atomic mass is 32.1. The highest BCUT2D eigenvalue weighted by molar-refractivity contribution is 7.09. The SMILES string of the molecule is Cc1nc(/C=C/C(=O)Nc2ccc(NC(=O)C3CC3)cc2)cs1. The molecule has 0 aliphatic heterocycles. The third-order valence-electron chi connectivity index (χ3n) is 3.41. The van der Waals surface area contributed by atoms with Crippen LogP contribution in [0.3, 0.4) is 0 Å². The maximum Gasteiger partial charge on any atom is 0.248 e. The van der Waals surface area contributed by atoms with Gasteiger partial charge in [-0.1, -0.05) is 0 Å². The van der Waals surface area contributed by atoms with Gasteiger partial charge in [-0.15, -0.1) is 11.3 Å². The summed E-state index contributed by atoms with van der Waals surface area (Å²) in [6.45, 7) is 1.92. The standard InChI is InChI=1S/C17H17N3O2S/c1-11-18-15(10-23-11)8-9-16(21)19-13-4-6-14(7-5-13)20-17(22)12-2-3-12/h4-10,12H,2-3H2,1H3,(H,19,21)(H,20,22)/b9-8+. The topological polar surface area (TPSA) is 71.1 Å². The molecule has 0 saturated heterocycles. The minimum Gasteiger partial charge on any atom is -0.326 e. The lowest BCUT2D eigenvalue weighted by Gasteiger charge is -2.06. The zero-order valence-electron chi connectivity index (χ0n) is 12.7. The number of amides is 2. The number of carbonyl (C=O) groups excluding carboxylic acids is 2. The summed E-state index contributed by atoms with van der Waals surface area (Å²) in [5.74, 6) is 0.0301. The molecule has 2 aromatic rings. The van der Waals surface area contributed by atoms with E-state index in [0.717, 1.165) is 29.2 Å². The first-order valence-corrected chi connectivity index (χ1v) is 8.30. The van der Waals surface area contributed by atoms with Gasteiger partial charge in [0.2, 0.25) is 11.8 Å². The number of nitrogens with one attached hydrogen (secondary N) is 2. The number of nitrogens with zero attached hydrogens (tertiary/aromatic N) is 1. The van der Waals surface area contributed by atoms with Gasteiger partial charge in [0.1, 0.15) is 0 Å². The van der Waals surface area contributed by atoms with Crippen LogP contribution in [-0.2, 0) is 9.59 Å². The molecule has 1 aliphatic rings. The van der Waals surface area contributed by atoms with Gasteiger partial charge in [0.05, 0.1) is 10.7 Å². The highest BCUT2D eigenvalue weighted by Gasteiger charge is 2.29. The number of aryl methyl sites for hydroxylation is 1. The normalized spacial score (nSPS) is 14.0. The Morgan fingerprint density at radius 2 is 1.83 bits per heavy atom. The summed E-state index contributed by atoms with van der Waals surface area (Å²) in [6.07, 6.45) is 5.09. The summed E-state index contributed by atoms with van der Waals surface area (Å²) in [4.78, 5) is 27.8. The summed E-state index contributed by atoms with van der Waals surface area (Å²) in [6, 6.07) is 7.09. The Bertz CT molecular complexity index is 745. The van der Waals surface area contributed by atoms with E-state index in [1.165, 1.54) is 6.08 Å². The number of hydrogen-bond acceptors (Lipinski definition) is 4. The Kier molecular flexibility index (Phi) is 4.52. The predicted octanol–water partition coefficient (Wildman–Crippen LogP) is 3.45. The molecule has 3 rings (SSSR count). The van der Waals surface area contributed by atoms with Crippen LogP contribution in [0.25, 0.3) is 6.08 Å². The van der Waals surface area contributed by atoms with Gasteiger partial charge in [-0.2, -0.15) is 0 Å². The van der Waals surface area contributed by atoms with Crippen molar-refractivity contribution in [1.82, 2.24) is 4.98 Å². The van der Waals surface area contributed by atoms with Crippen LogP contribution in [0.4, 0.5) is 11.4 Å². The average Bonchev–Trinajstić information content (AvgIpc) is 3.30. The smallest absolute Gasteiger partial charge is 0.248 e. The maximum atomic E-state index is 11.9. The van der Waals surface area contributed by atoms with Crippen LogP contribution < -0.4 is 10.6 Å². The summed E-state index contributed by atoms with van der Waals surface area (Å²) in [7, 11) is 0. The Labute approximate surface area is 138 Å². The third kappa shape index (κ3) is 4.50. The van der Waals surface area contributed by atoms with E-state index in [1.54, 1.807) is 41.7 Å². The molecule has 0 unspecified atom stereocenters. The molecular formula is C17H17N3O2S. The van der Waals surface area contributed by atoms with E-state index < -0.39 is 0 Å². The van der Waals surface area contributed by atoms with Gasteiger partial charge < -0.3 is 10.6 Å². The molecule has 0 radical (unpaired) electrons. The summed E-state index contributed by atoms with van der Waals surface area (Å²) in [5, 5.41) is 8.50. The van der Waals surface area contributed by atoms with Crippen molar-refractivity contribution in [2.45, 2.75) is 19.8 Å². The number of rotatable bonds is 5. The fourth-order valence-corrected chi connectivity index (χ4v) is 2.61. The molecule has 6 heteroatoms. The first-order valence-electron chi connectivity index (χ1n) is 7.42. The fourth-order valence-electron chi connectivity index (χ4n) is 2.03. The lowest BCUT2D eigenvalue weighted by Crippen LogP contribution is -2.13. The number of anilines is 2. The molecule has 0 bridgehead atoms. The Morgan fingerprint density at radius 3 is 2.39 bits per heavy atom. The van der Waals surface area contributed by atoms with Crippen LogP contribution in [0.5, 0.6) is 0 Å². The molecule has 1 aromatic carbocycles. The van der Waals surface area contributed by atoms with Crippen molar-refractivity contribution in [2.75, 3.05) is 10.6 Å². The molecular weight excluding hydrogens is 310 g/mol. The van der Waals surface area contributed by atoms with Crippen molar-refractivity contribution in [2.24, 2.45) is 5.92 Å². The second-order valence-electron chi connectivity index (χ2n) is 5.45. The van der Waals surface area contributed by atoms with Crippen LogP contribution in [0.2, 0.25) is 0 Å². The maximum absolute atomic E-state index is 11.9. The van der Waals surface area contributed by atoms with Gasteiger partial charge in [-0.05, 0) is 50.1 Å². The van der Waals surface area contributed by atoms with Gasteiger partial charge in [0, 0.05) is 28.7 Å². The van der Waals surface area contributed by atoms with E-state index in [-0.39, 0.29) is 17.7 Å². The highest BCUT2D eigenvalue weighted by Crippen LogP contribution is 2.30. The molecule has 0 atom stereocenters. The van der Waals surface area contributed by atoms with Crippen LogP contribution in [0.15, 0.2) is 35.7 Å². The number of hydrogen-bond donors (Lipinski definition) is 2. The molecule has 2 N–H and O–H groups in total. The van der Waals surface area contributed by atoms with Gasteiger partial charge in [-0.3, -0.25) is 9.59 Å². The van der Waals surface area contributed by atoms with Crippen molar-refractivity contribution in [3.05, 3.63) is 46.4 Å². The lowest BCUT2D eigenvalue weighted by atomic mass is 10.2. The fraction of sp³-hybridized carbons (Fsp3) is 0.235. The number of aromatic nitrogens is 1. The third-order valence-corrected chi connectivity index (χ3v) is 4.20. The second kappa shape index (κ2) is 6.75. The zero-order chi connectivity index (χ0) is 16.2. The molecule has 118 valence electrons. The number of benzene rings is 1. The minimum absolute atomic E-state index is 0.0725. The quantitative estimate of drug-likeness (QED) is 0.826. The molecule has 23 heavy (non-hydrogen) atoms. The van der Waals surface area contributed by atoms with Crippen LogP contribution in [-0.4, -0.2) is 16.8 Å². The van der Waals surface area contributed by atoms with E-state index in [1.807, 2.05) is 12.3 Å². The number of carbonyl (C=O) groups is 2. The monoisotopic (exact) mass is 327 g/mol. The van der Waals surface area contributed by atoms with E-state index >= 15 is 0 Å². The molecule has 5 nitrogen and oxygen atoms in total. The minimum atomic E-state index is -0.217. The van der Waals surface area contributed by atoms with Crippen molar-refractivity contribution >= 4 is 40.6 Å². The first kappa shape index (κ1) is 15.4. The van der Waals surface area contributed by atoms with Crippen molar-refractivity contribution < 1.29 is 9.59 Å². The Morgan fingerprint density at radius 1 is 1.17 bits per heavy atom. The zero-order valence-corrected chi connectivity index (χ0v) is 13.5. The molecule has 1 aromatic heterocycles. The van der Waals surface area contributed by atoms with Crippen molar-refractivity contribution in [3.8, 4) is 0 Å². The van der Waals surface area contributed by atoms with Crippen LogP contribution in [0, 0.1) is 12.8 Å². The second-order valence-corrected chi connectivity index (χ2v) is 6.52. The average molecular weight is 327 g/mol. The van der Waals surface area contributed by atoms with Gasteiger partial charge >= 0.3 is 0 Å². The predicted molar refractivity (Wildman–Crippen MR) is 92.3 cm³/mol. The summed E-state index contributed by atoms with van der Waals surface area (Å²) in [5.41, 5.74) is 2.20. The number of thiazole rings is 1. The largest absolute Gasteiger partial charge is 0.326 e. The molecule has 1 fully saturated rings. The molecule has 1 aliphatic carbocycles. The molecule has 0 spiro atoms. The van der Waals surface area contributed by atoms with E-state index in [2.05, 4.69) is 15.6 Å². The van der Waals surface area contributed by atoms with Crippen molar-refractivity contribution in [1.29, 1.82) is 0 Å². The molecule has 1 heterocycles.